The van der Waals surface area contributed by atoms with E-state index in [2.05, 4.69) is 34.6 Å². The molecule has 0 spiro atoms. The number of rotatable bonds is 13. The summed E-state index contributed by atoms with van der Waals surface area (Å²) in [6, 6.07) is 10.4. The number of hydrogen-bond acceptors (Lipinski definition) is 3. The third-order valence-electron chi connectivity index (χ3n) is 4.52. The van der Waals surface area contributed by atoms with Crippen LogP contribution in [0, 0.1) is 0 Å². The molecular weight excluding hydrogens is 479 g/mol. The monoisotopic (exact) mass is 518 g/mol. The SMILES string of the molecule is CCNC(=NCCCCOCCc1ccccc1)N(C)CC(=O)N(CC)CC.I. The Hall–Kier alpha value is -1.35. The van der Waals surface area contributed by atoms with Crippen molar-refractivity contribution in [2.75, 3.05) is 53.0 Å². The summed E-state index contributed by atoms with van der Waals surface area (Å²) in [6.45, 7) is 10.9. The van der Waals surface area contributed by atoms with Gasteiger partial charge in [0.2, 0.25) is 5.91 Å². The molecule has 1 aromatic carbocycles. The lowest BCUT2D eigenvalue weighted by molar-refractivity contribution is -0.131. The summed E-state index contributed by atoms with van der Waals surface area (Å²) in [4.78, 5) is 20.7. The highest BCUT2D eigenvalue weighted by molar-refractivity contribution is 14.0. The van der Waals surface area contributed by atoms with E-state index in [0.717, 1.165) is 64.6 Å². The number of halogens is 1. The Morgan fingerprint density at radius 2 is 1.76 bits per heavy atom. The molecule has 0 aromatic heterocycles. The summed E-state index contributed by atoms with van der Waals surface area (Å²) in [7, 11) is 1.91. The third kappa shape index (κ3) is 12.1. The van der Waals surface area contributed by atoms with Crippen LogP contribution in [0.25, 0.3) is 0 Å². The standard InChI is InChI=1S/C22H38N4O2.HI/c1-5-23-22(25(4)19-21(27)26(6-2)7-3)24-16-11-12-17-28-18-15-20-13-9-8-10-14-20;/h8-10,13-14H,5-7,11-12,15-19H2,1-4H3,(H,23,24);1H. The average molecular weight is 518 g/mol. The topological polar surface area (TPSA) is 57.2 Å². The molecule has 0 saturated carbocycles. The van der Waals surface area contributed by atoms with Crippen LogP contribution < -0.4 is 5.32 Å². The normalized spacial score (nSPS) is 11.0. The number of likely N-dealkylation sites (N-methyl/N-ethyl adjacent to an activating group) is 2. The number of hydrogen-bond donors (Lipinski definition) is 1. The van der Waals surface area contributed by atoms with Gasteiger partial charge in [-0.2, -0.15) is 0 Å². The minimum Gasteiger partial charge on any atom is -0.381 e. The summed E-state index contributed by atoms with van der Waals surface area (Å²) in [5.74, 6) is 0.915. The van der Waals surface area contributed by atoms with E-state index in [1.165, 1.54) is 5.56 Å². The zero-order valence-corrected chi connectivity index (χ0v) is 20.9. The maximum atomic E-state index is 12.3. The highest BCUT2D eigenvalue weighted by Crippen LogP contribution is 2.01. The van der Waals surface area contributed by atoms with Crippen molar-refractivity contribution in [2.45, 2.75) is 40.0 Å². The fourth-order valence-corrected chi connectivity index (χ4v) is 2.86. The molecule has 0 aliphatic rings. The van der Waals surface area contributed by atoms with E-state index < -0.39 is 0 Å². The van der Waals surface area contributed by atoms with Crippen LogP contribution >= 0.6 is 24.0 Å². The first-order chi connectivity index (χ1) is 13.6. The van der Waals surface area contributed by atoms with Crippen molar-refractivity contribution < 1.29 is 9.53 Å². The van der Waals surface area contributed by atoms with Gasteiger partial charge in [0, 0.05) is 39.8 Å². The molecule has 29 heavy (non-hydrogen) atoms. The van der Waals surface area contributed by atoms with Gasteiger partial charge in [-0.05, 0) is 45.6 Å². The molecule has 0 atom stereocenters. The zero-order chi connectivity index (χ0) is 20.6. The minimum absolute atomic E-state index is 0. The van der Waals surface area contributed by atoms with Gasteiger partial charge in [-0.25, -0.2) is 0 Å². The van der Waals surface area contributed by atoms with Crippen molar-refractivity contribution in [2.24, 2.45) is 4.99 Å². The third-order valence-corrected chi connectivity index (χ3v) is 4.52. The van der Waals surface area contributed by atoms with E-state index in [9.17, 15) is 4.79 Å². The second kappa shape index (κ2) is 17.5. The number of amides is 1. The number of unbranched alkanes of at least 4 members (excludes halogenated alkanes) is 1. The quantitative estimate of drug-likeness (QED) is 0.188. The Labute approximate surface area is 194 Å². The van der Waals surface area contributed by atoms with Gasteiger partial charge in [0.15, 0.2) is 5.96 Å². The van der Waals surface area contributed by atoms with Gasteiger partial charge in [-0.15, -0.1) is 24.0 Å². The number of ether oxygens (including phenoxy) is 1. The first kappa shape index (κ1) is 27.6. The second-order valence-corrected chi connectivity index (χ2v) is 6.71. The maximum Gasteiger partial charge on any atom is 0.242 e. The molecular formula is C22H39IN4O2. The molecule has 166 valence electrons. The van der Waals surface area contributed by atoms with Crippen LogP contribution in [-0.2, 0) is 16.0 Å². The Morgan fingerprint density at radius 3 is 2.38 bits per heavy atom. The molecule has 7 heteroatoms. The van der Waals surface area contributed by atoms with Gasteiger partial charge >= 0.3 is 0 Å². The lowest BCUT2D eigenvalue weighted by Crippen LogP contribution is -2.45. The Bertz CT molecular complexity index is 565. The average Bonchev–Trinajstić information content (AvgIpc) is 2.70. The fraction of sp³-hybridized carbons (Fsp3) is 0.636. The van der Waals surface area contributed by atoms with E-state index >= 15 is 0 Å². The smallest absolute Gasteiger partial charge is 0.242 e. The zero-order valence-electron chi connectivity index (χ0n) is 18.5. The van der Waals surface area contributed by atoms with E-state index in [1.54, 1.807) is 0 Å². The van der Waals surface area contributed by atoms with Gasteiger partial charge < -0.3 is 19.9 Å². The second-order valence-electron chi connectivity index (χ2n) is 6.71. The van der Waals surface area contributed by atoms with Gasteiger partial charge in [0.25, 0.3) is 0 Å². The lowest BCUT2D eigenvalue weighted by Gasteiger charge is -2.25. The molecule has 0 bridgehead atoms. The highest BCUT2D eigenvalue weighted by Gasteiger charge is 2.14. The molecule has 1 amide bonds. The number of nitrogens with zero attached hydrogens (tertiary/aromatic N) is 3. The predicted molar refractivity (Wildman–Crippen MR) is 132 cm³/mol. The van der Waals surface area contributed by atoms with Gasteiger partial charge in [-0.1, -0.05) is 30.3 Å². The number of benzene rings is 1. The lowest BCUT2D eigenvalue weighted by atomic mass is 10.2. The Balaban J connectivity index is 0.00000784. The summed E-state index contributed by atoms with van der Waals surface area (Å²) in [5, 5.41) is 3.27. The fourth-order valence-electron chi connectivity index (χ4n) is 2.86. The van der Waals surface area contributed by atoms with E-state index in [-0.39, 0.29) is 29.9 Å². The number of carbonyl (C=O) groups excluding carboxylic acids is 1. The number of guanidine groups is 1. The molecule has 0 radical (unpaired) electrons. The number of carbonyl (C=O) groups is 1. The van der Waals surface area contributed by atoms with Crippen molar-refractivity contribution in [1.82, 2.24) is 15.1 Å². The molecule has 1 rings (SSSR count). The summed E-state index contributed by atoms with van der Waals surface area (Å²) in [5.41, 5.74) is 1.31. The van der Waals surface area contributed by atoms with Crippen LogP contribution in [0.4, 0.5) is 0 Å². The van der Waals surface area contributed by atoms with Crippen LogP contribution in [0.5, 0.6) is 0 Å². The molecule has 6 nitrogen and oxygen atoms in total. The van der Waals surface area contributed by atoms with Crippen LogP contribution in [0.2, 0.25) is 0 Å². The summed E-state index contributed by atoms with van der Waals surface area (Å²) < 4.78 is 5.72. The predicted octanol–water partition coefficient (Wildman–Crippen LogP) is 3.41. The van der Waals surface area contributed by atoms with Gasteiger partial charge in [0.05, 0.1) is 13.2 Å². The van der Waals surface area contributed by atoms with E-state index in [1.807, 2.05) is 43.7 Å². The molecule has 0 aliphatic heterocycles. The molecule has 1 aromatic rings. The molecule has 0 fully saturated rings. The first-order valence-corrected chi connectivity index (χ1v) is 10.5. The first-order valence-electron chi connectivity index (χ1n) is 10.5. The van der Waals surface area contributed by atoms with E-state index in [0.29, 0.717) is 6.54 Å². The van der Waals surface area contributed by atoms with Crippen LogP contribution in [0.1, 0.15) is 39.2 Å². The highest BCUT2D eigenvalue weighted by atomic mass is 127. The summed E-state index contributed by atoms with van der Waals surface area (Å²) in [6.07, 6.45) is 2.91. The minimum atomic E-state index is 0. The van der Waals surface area contributed by atoms with Crippen LogP contribution in [-0.4, -0.2) is 74.7 Å². The maximum absolute atomic E-state index is 12.3. The largest absolute Gasteiger partial charge is 0.381 e. The van der Waals surface area contributed by atoms with Crippen molar-refractivity contribution in [3.05, 3.63) is 35.9 Å². The van der Waals surface area contributed by atoms with Crippen LogP contribution in [0.15, 0.2) is 35.3 Å². The molecule has 0 aliphatic carbocycles. The number of nitrogens with one attached hydrogen (secondary N) is 1. The molecule has 0 saturated heterocycles. The molecule has 1 N–H and O–H groups in total. The van der Waals surface area contributed by atoms with Gasteiger partial charge in [-0.3, -0.25) is 9.79 Å². The van der Waals surface area contributed by atoms with Crippen molar-refractivity contribution in [3.63, 3.8) is 0 Å². The van der Waals surface area contributed by atoms with Gasteiger partial charge in [0.1, 0.15) is 0 Å². The molecule has 0 unspecified atom stereocenters. The van der Waals surface area contributed by atoms with E-state index in [4.69, 9.17) is 4.74 Å². The summed E-state index contributed by atoms with van der Waals surface area (Å²) >= 11 is 0. The Kier molecular flexibility index (Phi) is 16.7. The Morgan fingerprint density at radius 1 is 1.07 bits per heavy atom. The van der Waals surface area contributed by atoms with Crippen molar-refractivity contribution in [3.8, 4) is 0 Å². The van der Waals surface area contributed by atoms with Crippen molar-refractivity contribution in [1.29, 1.82) is 0 Å². The van der Waals surface area contributed by atoms with Crippen LogP contribution in [0.3, 0.4) is 0 Å². The number of aliphatic imine (C=N–C) groups is 1. The van der Waals surface area contributed by atoms with Crippen molar-refractivity contribution >= 4 is 35.8 Å². The molecule has 0 heterocycles.